The zero-order valence-electron chi connectivity index (χ0n) is 13.5. The van der Waals surface area contributed by atoms with Crippen LogP contribution >= 0.6 is 22.9 Å². The molecule has 26 heavy (non-hydrogen) atoms. The van der Waals surface area contributed by atoms with Crippen molar-refractivity contribution in [3.05, 3.63) is 51.6 Å². The Morgan fingerprint density at radius 3 is 2.81 bits per heavy atom. The first-order valence-electron chi connectivity index (χ1n) is 7.49. The number of halogens is 4. The van der Waals surface area contributed by atoms with Crippen LogP contribution in [-0.4, -0.2) is 18.3 Å². The second kappa shape index (κ2) is 6.49. The van der Waals surface area contributed by atoms with Gasteiger partial charge in [-0.3, -0.25) is 0 Å². The Hall–Kier alpha value is -2.24. The quantitative estimate of drug-likeness (QED) is 0.678. The SMILES string of the molecule is [C-]#[N+]c1cccc(-c2cc(Cl)c([C@]3(C)C[C@@H](C(F)(F)F)OC(N)=N3)s2)c1. The van der Waals surface area contributed by atoms with Crippen molar-refractivity contribution in [3.63, 3.8) is 0 Å². The summed E-state index contributed by atoms with van der Waals surface area (Å²) in [5, 5.41) is 0.306. The van der Waals surface area contributed by atoms with Crippen LogP contribution in [0, 0.1) is 6.57 Å². The fourth-order valence-corrected chi connectivity index (χ4v) is 4.44. The second-order valence-corrected chi connectivity index (χ2v) is 7.49. The van der Waals surface area contributed by atoms with Crippen molar-refractivity contribution in [2.24, 2.45) is 10.7 Å². The first-order valence-corrected chi connectivity index (χ1v) is 8.68. The average molecular weight is 400 g/mol. The summed E-state index contributed by atoms with van der Waals surface area (Å²) < 4.78 is 44.1. The average Bonchev–Trinajstić information content (AvgIpc) is 2.96. The Labute approximate surface area is 156 Å². The molecule has 1 aromatic heterocycles. The van der Waals surface area contributed by atoms with Crippen LogP contribution in [0.1, 0.15) is 18.2 Å². The fraction of sp³-hybridized carbons (Fsp3) is 0.294. The molecule has 0 bridgehead atoms. The van der Waals surface area contributed by atoms with Gasteiger partial charge < -0.3 is 10.5 Å². The lowest BCUT2D eigenvalue weighted by Crippen LogP contribution is -2.45. The Balaban J connectivity index is 2.03. The van der Waals surface area contributed by atoms with Gasteiger partial charge in [-0.2, -0.15) is 13.2 Å². The molecule has 0 radical (unpaired) electrons. The summed E-state index contributed by atoms with van der Waals surface area (Å²) in [6.45, 7) is 8.65. The van der Waals surface area contributed by atoms with E-state index in [-0.39, 0.29) is 0 Å². The van der Waals surface area contributed by atoms with Crippen LogP contribution in [0.4, 0.5) is 18.9 Å². The standard InChI is InChI=1S/C17H13ClF3N3OS/c1-16(8-13(17(19,20)21)25-15(22)24-16)14-11(18)7-12(26-14)9-4-3-5-10(6-9)23-2/h3-7,13H,8H2,1H3,(H2,22,24)/t13-,16-/m0/s1. The summed E-state index contributed by atoms with van der Waals surface area (Å²) in [4.78, 5) is 8.69. The van der Waals surface area contributed by atoms with E-state index in [1.165, 1.54) is 11.3 Å². The topological polar surface area (TPSA) is 52.0 Å². The third kappa shape index (κ3) is 3.50. The number of nitrogens with zero attached hydrogens (tertiary/aromatic N) is 2. The number of rotatable bonds is 2. The number of thiophene rings is 1. The number of hydrogen-bond acceptors (Lipinski definition) is 4. The zero-order valence-corrected chi connectivity index (χ0v) is 15.0. The van der Waals surface area contributed by atoms with E-state index < -0.39 is 30.3 Å². The molecule has 1 aromatic carbocycles. The maximum Gasteiger partial charge on any atom is 0.425 e. The Kier molecular flexibility index (Phi) is 4.63. The van der Waals surface area contributed by atoms with E-state index in [0.717, 1.165) is 10.4 Å². The summed E-state index contributed by atoms with van der Waals surface area (Å²) in [7, 11) is 0. The number of nitrogens with two attached hydrogens (primary N) is 1. The van der Waals surface area contributed by atoms with Gasteiger partial charge in [-0.05, 0) is 24.6 Å². The summed E-state index contributed by atoms with van der Waals surface area (Å²) in [5.41, 5.74) is 5.47. The molecule has 2 N–H and O–H groups in total. The van der Waals surface area contributed by atoms with Gasteiger partial charge in [-0.25, -0.2) is 9.84 Å². The van der Waals surface area contributed by atoms with E-state index in [2.05, 4.69) is 14.6 Å². The lowest BCUT2D eigenvalue weighted by molar-refractivity contribution is -0.208. The highest BCUT2D eigenvalue weighted by atomic mass is 35.5. The minimum absolute atomic E-state index is 0.306. The predicted octanol–water partition coefficient (Wildman–Crippen LogP) is 5.50. The Morgan fingerprint density at radius 2 is 2.15 bits per heavy atom. The normalized spacial score (nSPS) is 23.1. The van der Waals surface area contributed by atoms with E-state index in [4.69, 9.17) is 23.9 Å². The molecule has 0 unspecified atom stereocenters. The van der Waals surface area contributed by atoms with Crippen LogP contribution in [0.25, 0.3) is 15.3 Å². The molecule has 2 heterocycles. The van der Waals surface area contributed by atoms with Gasteiger partial charge in [-0.15, -0.1) is 11.3 Å². The van der Waals surface area contributed by atoms with Crippen LogP contribution in [0.3, 0.4) is 0 Å². The molecule has 2 atom stereocenters. The number of amidine groups is 1. The largest absolute Gasteiger partial charge is 0.452 e. The summed E-state index contributed by atoms with van der Waals surface area (Å²) >= 11 is 7.55. The van der Waals surface area contributed by atoms with Crippen molar-refractivity contribution < 1.29 is 17.9 Å². The zero-order chi connectivity index (χ0) is 19.1. The molecule has 0 saturated carbocycles. The minimum atomic E-state index is -4.56. The number of hydrogen-bond donors (Lipinski definition) is 1. The van der Waals surface area contributed by atoms with Gasteiger partial charge in [0.1, 0.15) is 5.54 Å². The van der Waals surface area contributed by atoms with Crippen LogP contribution in [-0.2, 0) is 10.3 Å². The number of ether oxygens (including phenoxy) is 1. The van der Waals surface area contributed by atoms with Crippen molar-refractivity contribution in [1.29, 1.82) is 0 Å². The number of alkyl halides is 3. The first-order chi connectivity index (χ1) is 12.1. The van der Waals surface area contributed by atoms with Gasteiger partial charge in [0, 0.05) is 11.3 Å². The van der Waals surface area contributed by atoms with Crippen molar-refractivity contribution in [2.75, 3.05) is 0 Å². The molecule has 3 rings (SSSR count). The molecule has 0 spiro atoms. The Morgan fingerprint density at radius 1 is 1.42 bits per heavy atom. The van der Waals surface area contributed by atoms with E-state index in [1.54, 1.807) is 31.2 Å². The number of benzene rings is 1. The molecule has 0 amide bonds. The van der Waals surface area contributed by atoms with Gasteiger partial charge in [0.15, 0.2) is 11.8 Å². The van der Waals surface area contributed by atoms with Gasteiger partial charge in [0.25, 0.3) is 6.02 Å². The molecule has 136 valence electrons. The number of aliphatic imine (C=N–C) groups is 1. The molecule has 0 aliphatic carbocycles. The smallest absolute Gasteiger partial charge is 0.425 e. The molecule has 0 fully saturated rings. The third-order valence-corrected chi connectivity index (χ3v) is 5.85. The summed E-state index contributed by atoms with van der Waals surface area (Å²) in [6, 6.07) is 8.07. The van der Waals surface area contributed by atoms with Crippen molar-refractivity contribution in [2.45, 2.75) is 31.2 Å². The van der Waals surface area contributed by atoms with Crippen LogP contribution in [0.2, 0.25) is 5.02 Å². The molecular weight excluding hydrogens is 387 g/mol. The molecule has 4 nitrogen and oxygen atoms in total. The Bertz CT molecular complexity index is 919. The molecule has 1 aliphatic heterocycles. The first kappa shape index (κ1) is 18.5. The van der Waals surface area contributed by atoms with Crippen LogP contribution in [0.15, 0.2) is 35.3 Å². The molecule has 9 heteroatoms. The van der Waals surface area contributed by atoms with E-state index >= 15 is 0 Å². The highest BCUT2D eigenvalue weighted by molar-refractivity contribution is 7.16. The van der Waals surface area contributed by atoms with E-state index in [1.807, 2.05) is 6.07 Å². The molecule has 2 aromatic rings. The van der Waals surface area contributed by atoms with Gasteiger partial charge in [-0.1, -0.05) is 29.8 Å². The van der Waals surface area contributed by atoms with Gasteiger partial charge in [0.05, 0.1) is 16.5 Å². The molecular formula is C17H13ClF3N3OS. The maximum absolute atomic E-state index is 13.1. The minimum Gasteiger partial charge on any atom is -0.452 e. The lowest BCUT2D eigenvalue weighted by atomic mass is 9.92. The maximum atomic E-state index is 13.1. The monoisotopic (exact) mass is 399 g/mol. The highest BCUT2D eigenvalue weighted by Gasteiger charge is 2.50. The predicted molar refractivity (Wildman–Crippen MR) is 95.5 cm³/mol. The van der Waals surface area contributed by atoms with Crippen LogP contribution in [0.5, 0.6) is 0 Å². The van der Waals surface area contributed by atoms with E-state index in [0.29, 0.717) is 15.6 Å². The summed E-state index contributed by atoms with van der Waals surface area (Å²) in [5.74, 6) is 0. The van der Waals surface area contributed by atoms with Gasteiger partial charge in [0.2, 0.25) is 0 Å². The lowest BCUT2D eigenvalue weighted by Gasteiger charge is -2.35. The van der Waals surface area contributed by atoms with Gasteiger partial charge >= 0.3 is 6.18 Å². The molecule has 1 aliphatic rings. The van der Waals surface area contributed by atoms with Crippen molar-refractivity contribution in [3.8, 4) is 10.4 Å². The van der Waals surface area contributed by atoms with E-state index in [9.17, 15) is 13.2 Å². The van der Waals surface area contributed by atoms with Crippen molar-refractivity contribution in [1.82, 2.24) is 0 Å². The second-order valence-electron chi connectivity index (χ2n) is 6.03. The third-order valence-electron chi connectivity index (χ3n) is 4.00. The summed E-state index contributed by atoms with van der Waals surface area (Å²) in [6.07, 6.45) is -7.02. The highest BCUT2D eigenvalue weighted by Crippen LogP contribution is 2.47. The molecule has 0 saturated heterocycles. The van der Waals surface area contributed by atoms with Crippen LogP contribution < -0.4 is 5.73 Å². The van der Waals surface area contributed by atoms with Crippen molar-refractivity contribution >= 4 is 34.6 Å². The fourth-order valence-electron chi connectivity index (χ4n) is 2.80.